The minimum Gasteiger partial charge on any atom is -0.370 e. The molecule has 0 bridgehead atoms. The van der Waals surface area contributed by atoms with Gasteiger partial charge in [0.25, 0.3) is 0 Å². The number of anilines is 1. The smallest absolute Gasteiger partial charge is 0.175 e. The largest absolute Gasteiger partial charge is 0.370 e. The van der Waals surface area contributed by atoms with Crippen LogP contribution in [0.4, 0.5) is 5.69 Å². The zero-order chi connectivity index (χ0) is 15.8. The van der Waals surface area contributed by atoms with Gasteiger partial charge in [-0.15, -0.1) is 0 Å². The monoisotopic (exact) mass is 310 g/mol. The van der Waals surface area contributed by atoms with Gasteiger partial charge in [-0.2, -0.15) is 0 Å². The maximum atomic E-state index is 11.8. The van der Waals surface area contributed by atoms with Crippen LogP contribution in [0.3, 0.4) is 0 Å². The van der Waals surface area contributed by atoms with Gasteiger partial charge in [0.05, 0.1) is 4.90 Å². The van der Waals surface area contributed by atoms with Gasteiger partial charge in [-0.25, -0.2) is 8.42 Å². The summed E-state index contributed by atoms with van der Waals surface area (Å²) in [5.74, 6) is 0. The third kappa shape index (κ3) is 3.77. The summed E-state index contributed by atoms with van der Waals surface area (Å²) in [7, 11) is -3.19. The van der Waals surface area contributed by atoms with Crippen LogP contribution in [0.15, 0.2) is 23.1 Å². The summed E-state index contributed by atoms with van der Waals surface area (Å²) in [5, 5.41) is 0. The second kappa shape index (κ2) is 5.61. The molecular weight excluding hydrogens is 284 g/mol. The Bertz CT molecular complexity index is 618. The Balaban J connectivity index is 2.50. The first-order valence-electron chi connectivity index (χ1n) is 7.44. The van der Waals surface area contributed by atoms with E-state index >= 15 is 0 Å². The number of rotatable bonds is 2. The number of hydrogen-bond donors (Lipinski definition) is 1. The first-order chi connectivity index (χ1) is 9.59. The van der Waals surface area contributed by atoms with Crippen molar-refractivity contribution in [1.29, 1.82) is 0 Å². The van der Waals surface area contributed by atoms with Gasteiger partial charge < -0.3 is 10.6 Å². The summed E-state index contributed by atoms with van der Waals surface area (Å²) >= 11 is 0. The predicted molar refractivity (Wildman–Crippen MR) is 87.7 cm³/mol. The Morgan fingerprint density at radius 2 is 1.95 bits per heavy atom. The minimum atomic E-state index is -3.19. The highest BCUT2D eigenvalue weighted by Gasteiger charge is 2.25. The normalized spacial score (nSPS) is 20.6. The first kappa shape index (κ1) is 16.3. The molecular formula is C16H26N2O2S. The third-order valence-corrected chi connectivity index (χ3v) is 5.11. The Hall–Kier alpha value is -1.07. The number of nitrogens with zero attached hydrogens (tertiary/aromatic N) is 1. The van der Waals surface area contributed by atoms with Gasteiger partial charge in [0.15, 0.2) is 9.84 Å². The molecule has 0 radical (unpaired) electrons. The number of nitrogens with two attached hydrogens (primary N) is 1. The van der Waals surface area contributed by atoms with E-state index in [2.05, 4.69) is 25.7 Å². The molecule has 4 nitrogen and oxygen atoms in total. The van der Waals surface area contributed by atoms with Crippen molar-refractivity contribution in [2.45, 2.75) is 50.0 Å². The fourth-order valence-corrected chi connectivity index (χ4v) is 3.50. The average molecular weight is 310 g/mol. The maximum Gasteiger partial charge on any atom is 0.175 e. The molecule has 0 saturated carbocycles. The van der Waals surface area contributed by atoms with Gasteiger partial charge in [-0.3, -0.25) is 0 Å². The Kier molecular flexibility index (Phi) is 4.36. The first-order valence-corrected chi connectivity index (χ1v) is 9.33. The van der Waals surface area contributed by atoms with Crippen LogP contribution in [0.2, 0.25) is 0 Å². The highest BCUT2D eigenvalue weighted by atomic mass is 32.2. The molecule has 1 atom stereocenters. The molecule has 0 aromatic heterocycles. The molecule has 21 heavy (non-hydrogen) atoms. The van der Waals surface area contributed by atoms with Crippen molar-refractivity contribution in [3.8, 4) is 0 Å². The third-order valence-electron chi connectivity index (χ3n) is 4.00. The fourth-order valence-electron chi connectivity index (χ4n) is 2.85. The van der Waals surface area contributed by atoms with Crippen molar-refractivity contribution in [3.63, 3.8) is 0 Å². The van der Waals surface area contributed by atoms with Crippen molar-refractivity contribution in [2.24, 2.45) is 5.73 Å². The molecule has 1 aromatic rings. The van der Waals surface area contributed by atoms with Gasteiger partial charge in [0.2, 0.25) is 0 Å². The van der Waals surface area contributed by atoms with Crippen LogP contribution >= 0.6 is 0 Å². The Morgan fingerprint density at radius 3 is 2.48 bits per heavy atom. The Morgan fingerprint density at radius 1 is 1.29 bits per heavy atom. The highest BCUT2D eigenvalue weighted by Crippen LogP contribution is 2.35. The fraction of sp³-hybridized carbons (Fsp3) is 0.625. The molecule has 5 heteroatoms. The van der Waals surface area contributed by atoms with Crippen LogP contribution in [-0.4, -0.2) is 33.8 Å². The molecule has 2 N–H and O–H groups in total. The van der Waals surface area contributed by atoms with E-state index in [1.54, 1.807) is 6.07 Å². The molecule has 1 saturated heterocycles. The van der Waals surface area contributed by atoms with Crippen LogP contribution in [-0.2, 0) is 15.3 Å². The summed E-state index contributed by atoms with van der Waals surface area (Å²) in [6.45, 7) is 8.15. The lowest BCUT2D eigenvalue weighted by Crippen LogP contribution is -2.43. The predicted octanol–water partition coefficient (Wildman–Crippen LogP) is 2.32. The number of sulfone groups is 1. The molecule has 1 aliphatic rings. The number of hydrogen-bond acceptors (Lipinski definition) is 4. The molecule has 0 spiro atoms. The lowest BCUT2D eigenvalue weighted by Gasteiger charge is -2.36. The zero-order valence-electron chi connectivity index (χ0n) is 13.4. The summed E-state index contributed by atoms with van der Waals surface area (Å²) in [6, 6.07) is 5.67. The van der Waals surface area contributed by atoms with E-state index in [9.17, 15) is 8.42 Å². The maximum absolute atomic E-state index is 11.8. The molecule has 1 aromatic carbocycles. The Labute approximate surface area is 128 Å². The van der Waals surface area contributed by atoms with E-state index in [1.165, 1.54) is 6.26 Å². The molecule has 1 fully saturated rings. The van der Waals surface area contributed by atoms with Gasteiger partial charge in [-0.1, -0.05) is 20.8 Å². The summed E-state index contributed by atoms with van der Waals surface area (Å²) < 4.78 is 23.6. The highest BCUT2D eigenvalue weighted by molar-refractivity contribution is 7.90. The molecule has 2 rings (SSSR count). The zero-order valence-corrected chi connectivity index (χ0v) is 14.2. The van der Waals surface area contributed by atoms with E-state index in [1.807, 2.05) is 12.1 Å². The standard InChI is InChI=1S/C16H26N2O2S/c1-16(2,3)14-10-13(21(4,19)20)7-8-15(14)18-9-5-6-12(17)11-18/h7-8,10,12H,5-6,9,11,17H2,1-4H3/t12-/m0/s1. The van der Waals surface area contributed by atoms with E-state index < -0.39 is 9.84 Å². The van der Waals surface area contributed by atoms with Gasteiger partial charge >= 0.3 is 0 Å². The van der Waals surface area contributed by atoms with Crippen molar-refractivity contribution in [2.75, 3.05) is 24.2 Å². The topological polar surface area (TPSA) is 63.4 Å². The quantitative estimate of drug-likeness (QED) is 0.910. The van der Waals surface area contributed by atoms with E-state index in [4.69, 9.17) is 5.73 Å². The molecule has 0 amide bonds. The van der Waals surface area contributed by atoms with Crippen LogP contribution < -0.4 is 10.6 Å². The van der Waals surface area contributed by atoms with Crippen LogP contribution in [0, 0.1) is 0 Å². The molecule has 0 unspecified atom stereocenters. The molecule has 1 heterocycles. The van der Waals surface area contributed by atoms with E-state index in [0.717, 1.165) is 37.2 Å². The lowest BCUT2D eigenvalue weighted by molar-refractivity contribution is 0.500. The van der Waals surface area contributed by atoms with Gasteiger partial charge in [0.1, 0.15) is 0 Å². The van der Waals surface area contributed by atoms with Crippen molar-refractivity contribution in [1.82, 2.24) is 0 Å². The second-order valence-electron chi connectivity index (χ2n) is 7.05. The van der Waals surface area contributed by atoms with E-state index in [0.29, 0.717) is 4.90 Å². The number of benzene rings is 1. The summed E-state index contributed by atoms with van der Waals surface area (Å²) in [6.07, 6.45) is 3.40. The summed E-state index contributed by atoms with van der Waals surface area (Å²) in [5.41, 5.74) is 8.15. The number of piperidine rings is 1. The molecule has 0 aliphatic carbocycles. The van der Waals surface area contributed by atoms with Crippen molar-refractivity contribution in [3.05, 3.63) is 23.8 Å². The van der Waals surface area contributed by atoms with Gasteiger partial charge in [-0.05, 0) is 42.0 Å². The summed E-state index contributed by atoms with van der Waals surface area (Å²) in [4.78, 5) is 2.68. The van der Waals surface area contributed by atoms with Crippen LogP contribution in [0.25, 0.3) is 0 Å². The lowest BCUT2D eigenvalue weighted by atomic mass is 9.85. The van der Waals surface area contributed by atoms with Crippen LogP contribution in [0.1, 0.15) is 39.2 Å². The SMILES string of the molecule is CC(C)(C)c1cc(S(C)(=O)=O)ccc1N1CCC[C@H](N)C1. The van der Waals surface area contributed by atoms with Crippen molar-refractivity contribution < 1.29 is 8.42 Å². The van der Waals surface area contributed by atoms with E-state index in [-0.39, 0.29) is 11.5 Å². The minimum absolute atomic E-state index is 0.114. The van der Waals surface area contributed by atoms with Crippen LogP contribution in [0.5, 0.6) is 0 Å². The average Bonchev–Trinajstić information content (AvgIpc) is 2.36. The molecule has 1 aliphatic heterocycles. The van der Waals surface area contributed by atoms with Gasteiger partial charge in [0, 0.05) is 31.1 Å². The second-order valence-corrected chi connectivity index (χ2v) is 9.07. The molecule has 118 valence electrons. The van der Waals surface area contributed by atoms with Crippen molar-refractivity contribution >= 4 is 15.5 Å².